The van der Waals surface area contributed by atoms with Crippen LogP contribution in [0.2, 0.25) is 0 Å². The molecule has 0 bridgehead atoms. The lowest BCUT2D eigenvalue weighted by atomic mass is 10.1. The summed E-state index contributed by atoms with van der Waals surface area (Å²) < 4.78 is 13.5. The SMILES string of the molecule is O=C(Nc1c[nH]nc1C(=O)Nc1cncc(-c2cccc(F)c2)c1)c1cccnc1. The quantitative estimate of drug-likeness (QED) is 0.473. The highest BCUT2D eigenvalue weighted by Gasteiger charge is 2.18. The number of carbonyl (C=O) groups is 2. The molecular formula is C21H15FN6O2. The number of halogens is 1. The molecule has 2 amide bonds. The number of rotatable bonds is 5. The molecule has 0 atom stereocenters. The summed E-state index contributed by atoms with van der Waals surface area (Å²) in [5, 5.41) is 11.8. The molecule has 148 valence electrons. The van der Waals surface area contributed by atoms with Crippen LogP contribution in [0.25, 0.3) is 11.1 Å². The van der Waals surface area contributed by atoms with Gasteiger partial charge in [-0.25, -0.2) is 4.39 Å². The normalized spacial score (nSPS) is 10.4. The number of hydrogen-bond acceptors (Lipinski definition) is 5. The van der Waals surface area contributed by atoms with Crippen molar-refractivity contribution in [1.82, 2.24) is 20.2 Å². The molecule has 0 spiro atoms. The van der Waals surface area contributed by atoms with Gasteiger partial charge in [0.25, 0.3) is 11.8 Å². The van der Waals surface area contributed by atoms with Crippen molar-refractivity contribution in [3.05, 3.63) is 90.5 Å². The Morgan fingerprint density at radius 1 is 0.900 bits per heavy atom. The van der Waals surface area contributed by atoms with Crippen LogP contribution in [0.4, 0.5) is 15.8 Å². The van der Waals surface area contributed by atoms with Crippen molar-refractivity contribution < 1.29 is 14.0 Å². The summed E-state index contributed by atoms with van der Waals surface area (Å²) in [5.74, 6) is -1.34. The minimum Gasteiger partial charge on any atom is -0.319 e. The van der Waals surface area contributed by atoms with E-state index in [1.54, 1.807) is 42.7 Å². The maximum Gasteiger partial charge on any atom is 0.278 e. The summed E-state index contributed by atoms with van der Waals surface area (Å²) in [6.07, 6.45) is 7.41. The molecule has 30 heavy (non-hydrogen) atoms. The molecule has 3 aromatic heterocycles. The molecule has 9 heteroatoms. The molecule has 0 radical (unpaired) electrons. The van der Waals surface area contributed by atoms with Gasteiger partial charge in [-0.15, -0.1) is 0 Å². The first kappa shape index (κ1) is 18.9. The van der Waals surface area contributed by atoms with Crippen molar-refractivity contribution in [2.75, 3.05) is 10.6 Å². The summed E-state index contributed by atoms with van der Waals surface area (Å²) in [6.45, 7) is 0. The molecule has 4 rings (SSSR count). The summed E-state index contributed by atoms with van der Waals surface area (Å²) in [5.41, 5.74) is 2.23. The van der Waals surface area contributed by atoms with Crippen molar-refractivity contribution in [3.8, 4) is 11.1 Å². The van der Waals surface area contributed by atoms with Crippen LogP contribution in [0, 0.1) is 5.82 Å². The van der Waals surface area contributed by atoms with Gasteiger partial charge in [0.15, 0.2) is 5.69 Å². The van der Waals surface area contributed by atoms with E-state index in [9.17, 15) is 14.0 Å². The van der Waals surface area contributed by atoms with Gasteiger partial charge in [0, 0.05) is 30.4 Å². The summed E-state index contributed by atoms with van der Waals surface area (Å²) in [7, 11) is 0. The number of carbonyl (C=O) groups excluding carboxylic acids is 2. The number of nitrogens with one attached hydrogen (secondary N) is 3. The number of amides is 2. The average molecular weight is 402 g/mol. The van der Waals surface area contributed by atoms with E-state index in [0.717, 1.165) is 0 Å². The molecule has 4 aromatic rings. The summed E-state index contributed by atoms with van der Waals surface area (Å²) >= 11 is 0. The van der Waals surface area contributed by atoms with Crippen LogP contribution in [0.1, 0.15) is 20.8 Å². The van der Waals surface area contributed by atoms with Gasteiger partial charge in [-0.3, -0.25) is 24.7 Å². The second kappa shape index (κ2) is 8.31. The van der Waals surface area contributed by atoms with Gasteiger partial charge in [0.05, 0.1) is 23.1 Å². The van der Waals surface area contributed by atoms with E-state index in [1.165, 1.54) is 30.7 Å². The van der Waals surface area contributed by atoms with Crippen LogP contribution in [0.15, 0.2) is 73.4 Å². The second-order valence-corrected chi connectivity index (χ2v) is 6.27. The van der Waals surface area contributed by atoms with Crippen molar-refractivity contribution in [1.29, 1.82) is 0 Å². The van der Waals surface area contributed by atoms with Gasteiger partial charge >= 0.3 is 0 Å². The third-order valence-corrected chi connectivity index (χ3v) is 4.18. The van der Waals surface area contributed by atoms with Gasteiger partial charge in [-0.2, -0.15) is 5.10 Å². The topological polar surface area (TPSA) is 113 Å². The van der Waals surface area contributed by atoms with Crippen LogP contribution < -0.4 is 10.6 Å². The number of aromatic nitrogens is 4. The lowest BCUT2D eigenvalue weighted by Gasteiger charge is -2.08. The zero-order valence-corrected chi connectivity index (χ0v) is 15.5. The monoisotopic (exact) mass is 402 g/mol. The minimum absolute atomic E-state index is 0.00315. The Balaban J connectivity index is 1.51. The zero-order chi connectivity index (χ0) is 20.9. The van der Waals surface area contributed by atoms with E-state index in [2.05, 4.69) is 30.8 Å². The number of H-pyrrole nitrogens is 1. The number of nitrogens with zero attached hydrogens (tertiary/aromatic N) is 3. The highest BCUT2D eigenvalue weighted by Crippen LogP contribution is 2.23. The lowest BCUT2D eigenvalue weighted by molar-refractivity contribution is 0.102. The van der Waals surface area contributed by atoms with Crippen molar-refractivity contribution in [2.45, 2.75) is 0 Å². The number of pyridine rings is 2. The summed E-state index contributed by atoms with van der Waals surface area (Å²) in [6, 6.07) is 11.0. The van der Waals surface area contributed by atoms with Crippen LogP contribution in [0.5, 0.6) is 0 Å². The first-order chi connectivity index (χ1) is 14.6. The van der Waals surface area contributed by atoms with E-state index in [0.29, 0.717) is 22.4 Å². The first-order valence-corrected chi connectivity index (χ1v) is 8.87. The van der Waals surface area contributed by atoms with Gasteiger partial charge in [0.2, 0.25) is 0 Å². The average Bonchev–Trinajstić information content (AvgIpc) is 3.23. The summed E-state index contributed by atoms with van der Waals surface area (Å²) in [4.78, 5) is 33.0. The van der Waals surface area contributed by atoms with Crippen molar-refractivity contribution in [3.63, 3.8) is 0 Å². The fourth-order valence-electron chi connectivity index (χ4n) is 2.77. The third-order valence-electron chi connectivity index (χ3n) is 4.18. The standard InChI is InChI=1S/C21H15FN6O2/c22-16-5-1-3-13(7-16)15-8-17(11-24-10-15)26-21(30)19-18(12-25-28-19)27-20(29)14-4-2-6-23-9-14/h1-12H,(H,25,28)(H,26,30)(H,27,29). The van der Waals surface area contributed by atoms with Gasteiger partial charge in [0.1, 0.15) is 5.82 Å². The van der Waals surface area contributed by atoms with E-state index in [-0.39, 0.29) is 17.2 Å². The second-order valence-electron chi connectivity index (χ2n) is 6.27. The highest BCUT2D eigenvalue weighted by atomic mass is 19.1. The number of benzene rings is 1. The van der Waals surface area contributed by atoms with E-state index >= 15 is 0 Å². The Labute approximate surface area is 170 Å². The molecule has 3 N–H and O–H groups in total. The Bertz CT molecular complexity index is 1210. The fourth-order valence-corrected chi connectivity index (χ4v) is 2.77. The van der Waals surface area contributed by atoms with Crippen LogP contribution in [-0.4, -0.2) is 32.0 Å². The molecule has 8 nitrogen and oxygen atoms in total. The Morgan fingerprint density at radius 3 is 2.60 bits per heavy atom. The van der Waals surface area contributed by atoms with Crippen LogP contribution in [-0.2, 0) is 0 Å². The number of anilines is 2. The predicted molar refractivity (Wildman–Crippen MR) is 108 cm³/mol. The fraction of sp³-hybridized carbons (Fsp3) is 0. The van der Waals surface area contributed by atoms with E-state index in [1.807, 2.05) is 0 Å². The first-order valence-electron chi connectivity index (χ1n) is 8.87. The molecule has 3 heterocycles. The largest absolute Gasteiger partial charge is 0.319 e. The number of aromatic amines is 1. The molecule has 0 aliphatic carbocycles. The molecule has 0 aliphatic heterocycles. The Morgan fingerprint density at radius 2 is 1.80 bits per heavy atom. The molecule has 1 aromatic carbocycles. The molecule has 0 unspecified atom stereocenters. The zero-order valence-electron chi connectivity index (χ0n) is 15.5. The van der Waals surface area contributed by atoms with Crippen LogP contribution >= 0.6 is 0 Å². The maximum absolute atomic E-state index is 13.5. The number of hydrogen-bond donors (Lipinski definition) is 3. The Kier molecular flexibility index (Phi) is 5.25. The van der Waals surface area contributed by atoms with Gasteiger partial charge < -0.3 is 10.6 Å². The third kappa shape index (κ3) is 4.20. The van der Waals surface area contributed by atoms with E-state index in [4.69, 9.17) is 0 Å². The van der Waals surface area contributed by atoms with Gasteiger partial charge in [-0.1, -0.05) is 12.1 Å². The molecular weight excluding hydrogens is 387 g/mol. The smallest absolute Gasteiger partial charge is 0.278 e. The predicted octanol–water partition coefficient (Wildman–Crippen LogP) is 3.51. The van der Waals surface area contributed by atoms with Crippen molar-refractivity contribution >= 4 is 23.2 Å². The van der Waals surface area contributed by atoms with E-state index < -0.39 is 11.8 Å². The maximum atomic E-state index is 13.5. The van der Waals surface area contributed by atoms with Gasteiger partial charge in [-0.05, 0) is 35.9 Å². The lowest BCUT2D eigenvalue weighted by Crippen LogP contribution is -2.18. The molecule has 0 saturated carbocycles. The Hall–Kier alpha value is -4.40. The molecule has 0 aliphatic rings. The van der Waals surface area contributed by atoms with Crippen LogP contribution in [0.3, 0.4) is 0 Å². The molecule has 0 fully saturated rings. The molecule has 0 saturated heterocycles. The van der Waals surface area contributed by atoms with Crippen molar-refractivity contribution in [2.24, 2.45) is 0 Å². The minimum atomic E-state index is -0.545. The highest BCUT2D eigenvalue weighted by molar-refractivity contribution is 6.11.